The van der Waals surface area contributed by atoms with E-state index in [1.807, 2.05) is 13.0 Å². The molecule has 0 aliphatic carbocycles. The molecule has 0 radical (unpaired) electrons. The van der Waals surface area contributed by atoms with Gasteiger partial charge in [-0.3, -0.25) is 9.78 Å². The van der Waals surface area contributed by atoms with Crippen LogP contribution in [0.2, 0.25) is 0 Å². The first kappa shape index (κ1) is 13.0. The summed E-state index contributed by atoms with van der Waals surface area (Å²) in [5, 5.41) is 2.50. The average Bonchev–Trinajstić information content (AvgIpc) is 2.42. The van der Waals surface area contributed by atoms with Crippen LogP contribution in [0.5, 0.6) is 0 Å². The molecule has 0 saturated heterocycles. The Morgan fingerprint density at radius 1 is 1.37 bits per heavy atom. The van der Waals surface area contributed by atoms with Gasteiger partial charge in [0.2, 0.25) is 5.91 Å². The predicted molar refractivity (Wildman–Crippen MR) is 73.0 cm³/mol. The van der Waals surface area contributed by atoms with E-state index in [2.05, 4.69) is 10.3 Å². The maximum absolute atomic E-state index is 13.4. The number of nitrogens with zero attached hydrogens (tertiary/aromatic N) is 1. The van der Waals surface area contributed by atoms with Gasteiger partial charge in [0.25, 0.3) is 0 Å². The van der Waals surface area contributed by atoms with E-state index in [-0.39, 0.29) is 11.6 Å². The van der Waals surface area contributed by atoms with Crippen molar-refractivity contribution in [3.8, 4) is 0 Å². The lowest BCUT2D eigenvalue weighted by Gasteiger charge is -2.04. The van der Waals surface area contributed by atoms with Gasteiger partial charge in [-0.15, -0.1) is 0 Å². The zero-order valence-electron chi connectivity index (χ0n) is 10.4. The van der Waals surface area contributed by atoms with Crippen molar-refractivity contribution < 1.29 is 9.18 Å². The highest BCUT2D eigenvalue weighted by Crippen LogP contribution is 2.15. The van der Waals surface area contributed by atoms with Crippen LogP contribution >= 0.6 is 0 Å². The number of anilines is 1. The fraction of sp³-hybridized carbons (Fsp3) is 0.0667. The van der Waals surface area contributed by atoms with E-state index in [0.717, 1.165) is 11.1 Å². The van der Waals surface area contributed by atoms with Crippen molar-refractivity contribution in [2.75, 3.05) is 5.32 Å². The summed E-state index contributed by atoms with van der Waals surface area (Å²) in [4.78, 5) is 15.6. The van der Waals surface area contributed by atoms with Crippen LogP contribution in [0.25, 0.3) is 6.08 Å². The van der Waals surface area contributed by atoms with Crippen molar-refractivity contribution in [2.24, 2.45) is 0 Å². The zero-order chi connectivity index (χ0) is 13.7. The molecule has 1 aromatic carbocycles. The third kappa shape index (κ3) is 3.74. The number of hydrogen-bond acceptors (Lipinski definition) is 2. The van der Waals surface area contributed by atoms with Gasteiger partial charge >= 0.3 is 0 Å². The molecular formula is C15H13FN2O. The lowest BCUT2D eigenvalue weighted by molar-refractivity contribution is -0.111. The van der Waals surface area contributed by atoms with Crippen LogP contribution in [0.3, 0.4) is 0 Å². The van der Waals surface area contributed by atoms with Crippen molar-refractivity contribution in [1.82, 2.24) is 4.98 Å². The Hall–Kier alpha value is -2.49. The zero-order valence-corrected chi connectivity index (χ0v) is 10.4. The van der Waals surface area contributed by atoms with Gasteiger partial charge in [-0.05, 0) is 42.3 Å². The summed E-state index contributed by atoms with van der Waals surface area (Å²) in [6, 6.07) is 8.17. The second-order valence-electron chi connectivity index (χ2n) is 4.09. The van der Waals surface area contributed by atoms with E-state index in [1.54, 1.807) is 36.7 Å². The molecule has 1 amide bonds. The number of pyridine rings is 1. The molecule has 0 bridgehead atoms. The van der Waals surface area contributed by atoms with Gasteiger partial charge in [0.15, 0.2) is 0 Å². The molecule has 3 nitrogen and oxygen atoms in total. The maximum atomic E-state index is 13.4. The molecule has 0 unspecified atom stereocenters. The number of nitrogens with one attached hydrogen (secondary N) is 1. The summed E-state index contributed by atoms with van der Waals surface area (Å²) < 4.78 is 13.4. The maximum Gasteiger partial charge on any atom is 0.248 e. The second-order valence-corrected chi connectivity index (χ2v) is 4.09. The van der Waals surface area contributed by atoms with Crippen molar-refractivity contribution in [1.29, 1.82) is 0 Å². The summed E-state index contributed by atoms with van der Waals surface area (Å²) in [5.41, 5.74) is 1.87. The van der Waals surface area contributed by atoms with E-state index >= 15 is 0 Å². The largest absolute Gasteiger partial charge is 0.320 e. The topological polar surface area (TPSA) is 42.0 Å². The lowest BCUT2D eigenvalue weighted by Crippen LogP contribution is -2.09. The van der Waals surface area contributed by atoms with Crippen LogP contribution in [-0.4, -0.2) is 10.9 Å². The number of benzene rings is 1. The monoisotopic (exact) mass is 256 g/mol. The third-order valence-electron chi connectivity index (χ3n) is 2.49. The van der Waals surface area contributed by atoms with Crippen LogP contribution in [0.15, 0.2) is 48.8 Å². The van der Waals surface area contributed by atoms with Gasteiger partial charge in [0.1, 0.15) is 5.82 Å². The molecular weight excluding hydrogens is 243 g/mol. The van der Waals surface area contributed by atoms with Gasteiger partial charge in [-0.1, -0.05) is 12.1 Å². The third-order valence-corrected chi connectivity index (χ3v) is 2.49. The van der Waals surface area contributed by atoms with Crippen molar-refractivity contribution in [3.63, 3.8) is 0 Å². The number of hydrogen-bond donors (Lipinski definition) is 1. The van der Waals surface area contributed by atoms with Crippen molar-refractivity contribution >= 4 is 17.7 Å². The number of carbonyl (C=O) groups is 1. The van der Waals surface area contributed by atoms with Gasteiger partial charge in [0.05, 0.1) is 5.69 Å². The van der Waals surface area contributed by atoms with Crippen molar-refractivity contribution in [3.05, 3.63) is 65.7 Å². The Bertz CT molecular complexity index is 609. The number of aromatic nitrogens is 1. The first-order valence-corrected chi connectivity index (χ1v) is 5.80. The minimum atomic E-state index is -0.450. The SMILES string of the molecule is Cc1ccc(F)c(NC(=O)C=Cc2cccnc2)c1. The average molecular weight is 256 g/mol. The van der Waals surface area contributed by atoms with E-state index in [9.17, 15) is 9.18 Å². The molecule has 0 atom stereocenters. The lowest BCUT2D eigenvalue weighted by atomic mass is 10.2. The Balaban J connectivity index is 2.06. The summed E-state index contributed by atoms with van der Waals surface area (Å²) in [7, 11) is 0. The fourth-order valence-corrected chi connectivity index (χ4v) is 1.56. The van der Waals surface area contributed by atoms with E-state index in [0.29, 0.717) is 0 Å². The molecule has 96 valence electrons. The van der Waals surface area contributed by atoms with Gasteiger partial charge in [0, 0.05) is 18.5 Å². The smallest absolute Gasteiger partial charge is 0.248 e. The minimum Gasteiger partial charge on any atom is -0.320 e. The Labute approximate surface area is 110 Å². The standard InChI is InChI=1S/C15H13FN2O/c1-11-4-6-13(16)14(9-11)18-15(19)7-5-12-3-2-8-17-10-12/h2-10H,1H3,(H,18,19). The number of carbonyl (C=O) groups excluding carboxylic acids is 1. The first-order chi connectivity index (χ1) is 9.15. The van der Waals surface area contributed by atoms with Crippen LogP contribution in [0, 0.1) is 12.7 Å². The number of aryl methyl sites for hydroxylation is 1. The quantitative estimate of drug-likeness (QED) is 0.857. The molecule has 1 aromatic heterocycles. The summed E-state index contributed by atoms with van der Waals surface area (Å²) in [6.45, 7) is 1.83. The summed E-state index contributed by atoms with van der Waals surface area (Å²) in [6.07, 6.45) is 6.26. The molecule has 4 heteroatoms. The Morgan fingerprint density at radius 3 is 2.95 bits per heavy atom. The van der Waals surface area contributed by atoms with Gasteiger partial charge in [-0.25, -0.2) is 4.39 Å². The molecule has 0 aliphatic heterocycles. The molecule has 0 fully saturated rings. The summed E-state index contributed by atoms with van der Waals surface area (Å²) >= 11 is 0. The molecule has 0 aliphatic rings. The highest BCUT2D eigenvalue weighted by atomic mass is 19.1. The number of halogens is 1. The first-order valence-electron chi connectivity index (χ1n) is 5.80. The van der Waals surface area contributed by atoms with Gasteiger partial charge in [-0.2, -0.15) is 0 Å². The number of amides is 1. The normalized spacial score (nSPS) is 10.6. The van der Waals surface area contributed by atoms with Crippen LogP contribution in [-0.2, 0) is 4.79 Å². The highest BCUT2D eigenvalue weighted by molar-refractivity contribution is 6.02. The molecule has 2 rings (SSSR count). The van der Waals surface area contributed by atoms with Crippen molar-refractivity contribution in [2.45, 2.75) is 6.92 Å². The highest BCUT2D eigenvalue weighted by Gasteiger charge is 2.04. The molecule has 2 aromatic rings. The number of rotatable bonds is 3. The van der Waals surface area contributed by atoms with Crippen LogP contribution in [0.4, 0.5) is 10.1 Å². The molecule has 0 spiro atoms. The molecule has 1 heterocycles. The van der Waals surface area contributed by atoms with Crippen LogP contribution < -0.4 is 5.32 Å². The molecule has 19 heavy (non-hydrogen) atoms. The summed E-state index contributed by atoms with van der Waals surface area (Å²) in [5.74, 6) is -0.831. The minimum absolute atomic E-state index is 0.181. The Morgan fingerprint density at radius 2 is 2.21 bits per heavy atom. The van der Waals surface area contributed by atoms with E-state index in [1.165, 1.54) is 12.1 Å². The Kier molecular flexibility index (Phi) is 4.03. The molecule has 0 saturated carbocycles. The van der Waals surface area contributed by atoms with E-state index in [4.69, 9.17) is 0 Å². The predicted octanol–water partition coefficient (Wildman–Crippen LogP) is 3.18. The van der Waals surface area contributed by atoms with Gasteiger partial charge < -0.3 is 5.32 Å². The second kappa shape index (κ2) is 5.91. The van der Waals surface area contributed by atoms with Crippen LogP contribution in [0.1, 0.15) is 11.1 Å². The fourth-order valence-electron chi connectivity index (χ4n) is 1.56. The molecule has 1 N–H and O–H groups in total. The van der Waals surface area contributed by atoms with E-state index < -0.39 is 5.82 Å².